The fraction of sp³-hybridized carbons (Fsp3) is 0.174. The van der Waals surface area contributed by atoms with Crippen molar-refractivity contribution in [1.82, 2.24) is 4.98 Å². The van der Waals surface area contributed by atoms with Gasteiger partial charge in [-0.25, -0.2) is 4.98 Å². The Bertz CT molecular complexity index is 1220. The van der Waals surface area contributed by atoms with Crippen molar-refractivity contribution in [2.45, 2.75) is 24.0 Å². The topological polar surface area (TPSA) is 80.3 Å². The highest BCUT2D eigenvalue weighted by molar-refractivity contribution is 8.00. The first-order valence-electron chi connectivity index (χ1n) is 9.97. The van der Waals surface area contributed by atoms with E-state index in [0.29, 0.717) is 22.3 Å². The molecule has 0 aliphatic rings. The van der Waals surface area contributed by atoms with E-state index >= 15 is 0 Å². The molecule has 0 fully saturated rings. The van der Waals surface area contributed by atoms with Gasteiger partial charge in [-0.1, -0.05) is 17.4 Å². The van der Waals surface area contributed by atoms with Gasteiger partial charge in [-0.3, -0.25) is 9.59 Å². The highest BCUT2D eigenvalue weighted by atomic mass is 32.2. The van der Waals surface area contributed by atoms with Crippen LogP contribution in [0.15, 0.2) is 64.9 Å². The highest BCUT2D eigenvalue weighted by Gasteiger charge is 2.17. The van der Waals surface area contributed by atoms with Crippen LogP contribution >= 0.6 is 34.4 Å². The van der Waals surface area contributed by atoms with E-state index in [0.717, 1.165) is 20.9 Å². The zero-order chi connectivity index (χ0) is 22.5. The van der Waals surface area contributed by atoms with E-state index < -0.39 is 0 Å². The predicted octanol–water partition coefficient (Wildman–Crippen LogP) is 6.13. The molecule has 4 rings (SSSR count). The largest absolute Gasteiger partial charge is 0.494 e. The van der Waals surface area contributed by atoms with Crippen molar-refractivity contribution < 1.29 is 14.3 Å². The molecule has 0 radical (unpaired) electrons. The van der Waals surface area contributed by atoms with Crippen LogP contribution in [-0.4, -0.2) is 28.7 Å². The van der Waals surface area contributed by atoms with Crippen molar-refractivity contribution in [3.63, 3.8) is 0 Å². The van der Waals surface area contributed by atoms with Gasteiger partial charge in [-0.05, 0) is 67.8 Å². The third kappa shape index (κ3) is 5.48. The summed E-state index contributed by atoms with van der Waals surface area (Å²) in [4.78, 5) is 30.9. The maximum Gasteiger partial charge on any atom is 0.265 e. The quantitative estimate of drug-likeness (QED) is 0.295. The van der Waals surface area contributed by atoms with Gasteiger partial charge in [0.1, 0.15) is 5.75 Å². The lowest BCUT2D eigenvalue weighted by Crippen LogP contribution is -2.22. The summed E-state index contributed by atoms with van der Waals surface area (Å²) in [6, 6.07) is 16.8. The van der Waals surface area contributed by atoms with E-state index in [1.807, 2.05) is 67.8 Å². The maximum atomic E-state index is 12.7. The number of ether oxygens (including phenoxy) is 1. The number of thiophene rings is 1. The second-order valence-corrected chi connectivity index (χ2v) is 10.2. The Labute approximate surface area is 198 Å². The molecule has 164 valence electrons. The van der Waals surface area contributed by atoms with Crippen LogP contribution < -0.4 is 15.4 Å². The minimum Gasteiger partial charge on any atom is -0.494 e. The van der Waals surface area contributed by atoms with Crippen molar-refractivity contribution in [3.05, 3.63) is 64.9 Å². The Kier molecular flexibility index (Phi) is 7.09. The number of anilines is 2. The lowest BCUT2D eigenvalue weighted by molar-refractivity contribution is -0.115. The molecule has 1 atom stereocenters. The number of nitrogens with zero attached hydrogens (tertiary/aromatic N) is 1. The van der Waals surface area contributed by atoms with Crippen LogP contribution in [0.1, 0.15) is 23.5 Å². The second kappa shape index (κ2) is 10.2. The molecule has 0 aliphatic heterocycles. The summed E-state index contributed by atoms with van der Waals surface area (Å²) in [6.07, 6.45) is 0. The Hall–Kier alpha value is -2.88. The summed E-state index contributed by atoms with van der Waals surface area (Å²) < 4.78 is 6.49. The smallest absolute Gasteiger partial charge is 0.265 e. The molecule has 2 heterocycles. The normalized spacial score (nSPS) is 11.8. The summed E-state index contributed by atoms with van der Waals surface area (Å²) in [6.45, 7) is 4.40. The third-order valence-electron chi connectivity index (χ3n) is 4.44. The molecule has 0 saturated carbocycles. The average Bonchev–Trinajstić information content (AvgIpc) is 3.45. The number of rotatable bonds is 8. The van der Waals surface area contributed by atoms with E-state index in [2.05, 4.69) is 15.6 Å². The van der Waals surface area contributed by atoms with E-state index in [1.54, 1.807) is 6.07 Å². The summed E-state index contributed by atoms with van der Waals surface area (Å²) in [5, 5.41) is 7.90. The zero-order valence-corrected chi connectivity index (χ0v) is 19.9. The summed E-state index contributed by atoms with van der Waals surface area (Å²) in [5.41, 5.74) is 1.54. The van der Waals surface area contributed by atoms with Crippen molar-refractivity contribution in [1.29, 1.82) is 0 Å². The molecule has 4 aromatic rings. The van der Waals surface area contributed by atoms with Crippen molar-refractivity contribution in [2.75, 3.05) is 17.2 Å². The minimum atomic E-state index is -0.312. The monoisotopic (exact) mass is 483 g/mol. The van der Waals surface area contributed by atoms with Gasteiger partial charge in [-0.2, -0.15) is 0 Å². The van der Waals surface area contributed by atoms with E-state index in [-0.39, 0.29) is 17.1 Å². The average molecular weight is 484 g/mol. The predicted molar refractivity (Wildman–Crippen MR) is 133 cm³/mol. The van der Waals surface area contributed by atoms with Crippen LogP contribution in [0.3, 0.4) is 0 Å². The molecule has 1 unspecified atom stereocenters. The molecule has 2 amide bonds. The van der Waals surface area contributed by atoms with Gasteiger partial charge in [0.25, 0.3) is 5.91 Å². The Morgan fingerprint density at radius 1 is 1.12 bits per heavy atom. The van der Waals surface area contributed by atoms with Gasteiger partial charge in [0.05, 0.1) is 27.0 Å². The Morgan fingerprint density at radius 2 is 1.94 bits per heavy atom. The van der Waals surface area contributed by atoms with Crippen molar-refractivity contribution in [2.24, 2.45) is 0 Å². The third-order valence-corrected chi connectivity index (χ3v) is 7.35. The lowest BCUT2D eigenvalue weighted by atomic mass is 10.3. The fourth-order valence-electron chi connectivity index (χ4n) is 2.90. The first-order valence-corrected chi connectivity index (χ1v) is 12.5. The first kappa shape index (κ1) is 22.3. The summed E-state index contributed by atoms with van der Waals surface area (Å²) in [7, 11) is 0. The number of hydrogen-bond donors (Lipinski definition) is 2. The van der Waals surface area contributed by atoms with Gasteiger partial charge in [-0.15, -0.1) is 23.1 Å². The number of aromatic nitrogens is 1. The molecular formula is C23H21N3O3S3. The van der Waals surface area contributed by atoms with E-state index in [4.69, 9.17) is 4.74 Å². The van der Waals surface area contributed by atoms with Gasteiger partial charge in [0, 0.05) is 10.6 Å². The number of thiazole rings is 1. The van der Waals surface area contributed by atoms with Crippen LogP contribution in [-0.2, 0) is 4.79 Å². The zero-order valence-electron chi connectivity index (χ0n) is 17.5. The standard InChI is InChI=1S/C23H21N3O3S3/c1-3-29-16-8-11-18-20(13-16)32-23(25-18)26-21(27)14(2)31-17-9-6-15(7-10-17)24-22(28)19-5-4-12-30-19/h4-14H,3H2,1-2H3,(H,24,28)(H,25,26,27). The minimum absolute atomic E-state index is 0.117. The Morgan fingerprint density at radius 3 is 2.66 bits per heavy atom. The van der Waals surface area contributed by atoms with E-state index in [9.17, 15) is 9.59 Å². The number of hydrogen-bond acceptors (Lipinski definition) is 7. The molecule has 6 nitrogen and oxygen atoms in total. The molecule has 2 aromatic heterocycles. The molecule has 0 bridgehead atoms. The number of benzene rings is 2. The maximum absolute atomic E-state index is 12.7. The molecule has 2 N–H and O–H groups in total. The molecule has 32 heavy (non-hydrogen) atoms. The first-order chi connectivity index (χ1) is 15.5. The lowest BCUT2D eigenvalue weighted by Gasteiger charge is -2.11. The number of carbonyl (C=O) groups excluding carboxylic acids is 2. The van der Waals surface area contributed by atoms with Gasteiger partial charge < -0.3 is 15.4 Å². The van der Waals surface area contributed by atoms with Gasteiger partial charge >= 0.3 is 0 Å². The second-order valence-electron chi connectivity index (χ2n) is 6.79. The number of amides is 2. The van der Waals surface area contributed by atoms with E-state index in [1.165, 1.54) is 34.4 Å². The SMILES string of the molecule is CCOc1ccc2nc(NC(=O)C(C)Sc3ccc(NC(=O)c4cccs4)cc3)sc2c1. The Balaban J connectivity index is 1.34. The van der Waals surface area contributed by atoms with Crippen LogP contribution in [0.4, 0.5) is 10.8 Å². The van der Waals surface area contributed by atoms with Crippen molar-refractivity contribution in [3.8, 4) is 5.75 Å². The number of thioether (sulfide) groups is 1. The van der Waals surface area contributed by atoms with Crippen LogP contribution in [0.2, 0.25) is 0 Å². The number of fused-ring (bicyclic) bond motifs is 1. The molecular weight excluding hydrogens is 462 g/mol. The van der Waals surface area contributed by atoms with Crippen LogP contribution in [0.5, 0.6) is 5.75 Å². The molecule has 9 heteroatoms. The number of nitrogens with one attached hydrogen (secondary N) is 2. The molecule has 0 aliphatic carbocycles. The van der Waals surface area contributed by atoms with Gasteiger partial charge in [0.15, 0.2) is 5.13 Å². The molecule has 2 aromatic carbocycles. The molecule has 0 saturated heterocycles. The fourth-order valence-corrected chi connectivity index (χ4v) is 5.28. The van der Waals surface area contributed by atoms with Gasteiger partial charge in [0.2, 0.25) is 5.91 Å². The molecule has 0 spiro atoms. The van der Waals surface area contributed by atoms with Crippen molar-refractivity contribution >= 4 is 67.3 Å². The van der Waals surface area contributed by atoms with Crippen LogP contribution in [0.25, 0.3) is 10.2 Å². The van der Waals surface area contributed by atoms with Crippen LogP contribution in [0, 0.1) is 0 Å². The number of carbonyl (C=O) groups is 2. The highest BCUT2D eigenvalue weighted by Crippen LogP contribution is 2.31. The summed E-state index contributed by atoms with van der Waals surface area (Å²) >= 11 is 4.27. The summed E-state index contributed by atoms with van der Waals surface area (Å²) in [5.74, 6) is 0.548.